The lowest BCUT2D eigenvalue weighted by atomic mass is 10.0. The van der Waals surface area contributed by atoms with E-state index in [4.69, 9.17) is 4.74 Å². The van der Waals surface area contributed by atoms with Crippen LogP contribution >= 0.6 is 0 Å². The van der Waals surface area contributed by atoms with Gasteiger partial charge in [0, 0.05) is 49.5 Å². The van der Waals surface area contributed by atoms with Crippen LogP contribution in [0, 0.1) is 11.3 Å². The number of nitrogens with one attached hydrogen (secondary N) is 1. The number of carbonyl (C=O) groups excluding carboxylic acids is 1. The van der Waals surface area contributed by atoms with Crippen molar-refractivity contribution in [2.75, 3.05) is 20.3 Å². The molecule has 0 aliphatic rings. The number of amides is 1. The average Bonchev–Trinajstić information content (AvgIpc) is 3.17. The number of nitriles is 1. The predicted octanol–water partition coefficient (Wildman–Crippen LogP) is 4.90. The molecule has 1 aromatic heterocycles. The quantitative estimate of drug-likeness (QED) is 0.249. The highest BCUT2D eigenvalue weighted by Gasteiger charge is 2.13. The van der Waals surface area contributed by atoms with Crippen molar-refractivity contribution in [3.63, 3.8) is 0 Å². The number of aromatic nitrogens is 1. The summed E-state index contributed by atoms with van der Waals surface area (Å²) in [4.78, 5) is 12.5. The molecule has 0 fully saturated rings. The van der Waals surface area contributed by atoms with Gasteiger partial charge in [-0.15, -0.1) is 0 Å². The SMILES string of the molecule is COCCCNC(=O)C(C#N)=Cc1cn(Cc2cccc3ccccc23)c2ccccc12. The Hall–Kier alpha value is -3.88. The number of para-hydroxylation sites is 1. The summed E-state index contributed by atoms with van der Waals surface area (Å²) in [5.74, 6) is -0.366. The highest BCUT2D eigenvalue weighted by Crippen LogP contribution is 2.26. The molecule has 5 heteroatoms. The van der Waals surface area contributed by atoms with Crippen molar-refractivity contribution in [2.24, 2.45) is 0 Å². The highest BCUT2D eigenvalue weighted by molar-refractivity contribution is 6.04. The summed E-state index contributed by atoms with van der Waals surface area (Å²) in [6, 6.07) is 24.8. The third kappa shape index (κ3) is 4.56. The minimum Gasteiger partial charge on any atom is -0.385 e. The molecule has 0 bridgehead atoms. The van der Waals surface area contributed by atoms with E-state index in [-0.39, 0.29) is 11.5 Å². The summed E-state index contributed by atoms with van der Waals surface area (Å²) < 4.78 is 7.17. The summed E-state index contributed by atoms with van der Waals surface area (Å²) in [5, 5.41) is 15.8. The molecule has 3 aromatic carbocycles. The molecule has 0 unspecified atom stereocenters. The minimum absolute atomic E-state index is 0.0930. The van der Waals surface area contributed by atoms with E-state index in [1.54, 1.807) is 13.2 Å². The van der Waals surface area contributed by atoms with Crippen LogP contribution in [0.5, 0.6) is 0 Å². The van der Waals surface area contributed by atoms with Gasteiger partial charge in [0.2, 0.25) is 0 Å². The number of ether oxygens (including phenoxy) is 1. The molecule has 4 aromatic rings. The normalized spacial score (nSPS) is 11.6. The first-order valence-corrected chi connectivity index (χ1v) is 10.6. The van der Waals surface area contributed by atoms with Gasteiger partial charge in [0.15, 0.2) is 0 Å². The van der Waals surface area contributed by atoms with Crippen molar-refractivity contribution >= 4 is 33.7 Å². The van der Waals surface area contributed by atoms with Crippen molar-refractivity contribution in [1.82, 2.24) is 9.88 Å². The smallest absolute Gasteiger partial charge is 0.261 e. The Morgan fingerprint density at radius 3 is 2.62 bits per heavy atom. The maximum atomic E-state index is 12.5. The van der Waals surface area contributed by atoms with Gasteiger partial charge in [-0.1, -0.05) is 60.7 Å². The number of nitrogens with zero attached hydrogens (tertiary/aromatic N) is 2. The second-order valence-corrected chi connectivity index (χ2v) is 7.64. The zero-order chi connectivity index (χ0) is 22.3. The summed E-state index contributed by atoms with van der Waals surface area (Å²) in [6.07, 6.45) is 4.39. The zero-order valence-electron chi connectivity index (χ0n) is 18.0. The van der Waals surface area contributed by atoms with Crippen molar-refractivity contribution in [3.05, 3.63) is 89.6 Å². The number of rotatable bonds is 8. The van der Waals surface area contributed by atoms with Crippen LogP contribution in [0.15, 0.2) is 78.5 Å². The Bertz CT molecular complexity index is 1320. The fourth-order valence-corrected chi connectivity index (χ4v) is 3.95. The summed E-state index contributed by atoms with van der Waals surface area (Å²) >= 11 is 0. The van der Waals surface area contributed by atoms with Gasteiger partial charge in [0.25, 0.3) is 5.91 Å². The van der Waals surface area contributed by atoms with Gasteiger partial charge in [-0.2, -0.15) is 5.26 Å². The van der Waals surface area contributed by atoms with Crippen LogP contribution in [0.3, 0.4) is 0 Å². The first-order valence-electron chi connectivity index (χ1n) is 10.6. The first kappa shape index (κ1) is 21.4. The van der Waals surface area contributed by atoms with E-state index >= 15 is 0 Å². The molecular weight excluding hydrogens is 398 g/mol. The standard InChI is InChI=1S/C27H25N3O2/c1-32-15-7-14-29-27(31)22(17-28)16-23-19-30(26-13-5-4-12-25(23)26)18-21-10-6-9-20-8-2-3-11-24(20)21/h2-6,8-13,16,19H,7,14-15,18H2,1H3,(H,29,31). The molecule has 0 aliphatic heterocycles. The molecular formula is C27H25N3O2. The lowest BCUT2D eigenvalue weighted by molar-refractivity contribution is -0.117. The Labute approximate surface area is 187 Å². The topological polar surface area (TPSA) is 67.0 Å². The molecule has 1 heterocycles. The van der Waals surface area contributed by atoms with Crippen molar-refractivity contribution in [3.8, 4) is 6.07 Å². The van der Waals surface area contributed by atoms with Gasteiger partial charge < -0.3 is 14.6 Å². The largest absolute Gasteiger partial charge is 0.385 e. The third-order valence-corrected chi connectivity index (χ3v) is 5.52. The Kier molecular flexibility index (Phi) is 6.64. The number of fused-ring (bicyclic) bond motifs is 2. The number of hydrogen-bond acceptors (Lipinski definition) is 3. The van der Waals surface area contributed by atoms with Gasteiger partial charge >= 0.3 is 0 Å². The van der Waals surface area contributed by atoms with Gasteiger partial charge in [-0.05, 0) is 34.9 Å². The fourth-order valence-electron chi connectivity index (χ4n) is 3.95. The third-order valence-electron chi connectivity index (χ3n) is 5.52. The number of hydrogen-bond donors (Lipinski definition) is 1. The monoisotopic (exact) mass is 423 g/mol. The summed E-state index contributed by atoms with van der Waals surface area (Å²) in [7, 11) is 1.62. The van der Waals surface area contributed by atoms with E-state index in [0.717, 1.165) is 16.5 Å². The van der Waals surface area contributed by atoms with E-state index in [0.29, 0.717) is 26.1 Å². The van der Waals surface area contributed by atoms with E-state index in [2.05, 4.69) is 52.3 Å². The molecule has 0 spiro atoms. The first-order chi connectivity index (χ1) is 15.7. The molecule has 160 valence electrons. The van der Waals surface area contributed by atoms with Crippen LogP contribution in [0.1, 0.15) is 17.5 Å². The molecule has 0 saturated heterocycles. The van der Waals surface area contributed by atoms with E-state index in [1.807, 2.05) is 36.5 Å². The van der Waals surface area contributed by atoms with Crippen LogP contribution in [0.4, 0.5) is 0 Å². The molecule has 0 saturated carbocycles. The van der Waals surface area contributed by atoms with Crippen LogP contribution in [-0.2, 0) is 16.1 Å². The van der Waals surface area contributed by atoms with Crippen LogP contribution < -0.4 is 5.32 Å². The summed E-state index contributed by atoms with van der Waals surface area (Å²) in [6.45, 7) is 1.73. The zero-order valence-corrected chi connectivity index (χ0v) is 18.0. The molecule has 4 rings (SSSR count). The van der Waals surface area contributed by atoms with Crippen molar-refractivity contribution < 1.29 is 9.53 Å². The highest BCUT2D eigenvalue weighted by atomic mass is 16.5. The van der Waals surface area contributed by atoms with E-state index < -0.39 is 0 Å². The molecule has 0 aliphatic carbocycles. The van der Waals surface area contributed by atoms with Gasteiger partial charge in [0.05, 0.1) is 0 Å². The number of benzene rings is 3. The Morgan fingerprint density at radius 1 is 1.06 bits per heavy atom. The second kappa shape index (κ2) is 9.95. The van der Waals surface area contributed by atoms with Gasteiger partial charge in [-0.3, -0.25) is 4.79 Å². The van der Waals surface area contributed by atoms with Crippen LogP contribution in [0.25, 0.3) is 27.8 Å². The minimum atomic E-state index is -0.366. The molecule has 1 N–H and O–H groups in total. The predicted molar refractivity (Wildman–Crippen MR) is 128 cm³/mol. The lowest BCUT2D eigenvalue weighted by Crippen LogP contribution is -2.26. The van der Waals surface area contributed by atoms with Crippen LogP contribution in [-0.4, -0.2) is 30.7 Å². The Morgan fingerprint density at radius 2 is 1.81 bits per heavy atom. The van der Waals surface area contributed by atoms with Gasteiger partial charge in [-0.25, -0.2) is 0 Å². The second-order valence-electron chi connectivity index (χ2n) is 7.64. The van der Waals surface area contributed by atoms with Crippen molar-refractivity contribution in [2.45, 2.75) is 13.0 Å². The number of carbonyl (C=O) groups is 1. The van der Waals surface area contributed by atoms with Crippen molar-refractivity contribution in [1.29, 1.82) is 5.26 Å². The Balaban J connectivity index is 1.68. The summed E-state index contributed by atoms with van der Waals surface area (Å²) in [5.41, 5.74) is 3.22. The fraction of sp³-hybridized carbons (Fsp3) is 0.185. The molecule has 32 heavy (non-hydrogen) atoms. The van der Waals surface area contributed by atoms with E-state index in [9.17, 15) is 10.1 Å². The molecule has 1 amide bonds. The van der Waals surface area contributed by atoms with E-state index in [1.165, 1.54) is 16.3 Å². The number of methoxy groups -OCH3 is 1. The van der Waals surface area contributed by atoms with Crippen LogP contribution in [0.2, 0.25) is 0 Å². The lowest BCUT2D eigenvalue weighted by Gasteiger charge is -2.09. The van der Waals surface area contributed by atoms with Gasteiger partial charge in [0.1, 0.15) is 11.6 Å². The average molecular weight is 424 g/mol. The molecule has 0 radical (unpaired) electrons. The molecule has 0 atom stereocenters. The maximum Gasteiger partial charge on any atom is 0.261 e. The molecule has 5 nitrogen and oxygen atoms in total. The maximum absolute atomic E-state index is 12.5.